The fourth-order valence-electron chi connectivity index (χ4n) is 5.79. The Labute approximate surface area is 216 Å². The molecule has 0 aromatic carbocycles. The van der Waals surface area contributed by atoms with Crippen molar-refractivity contribution in [2.75, 3.05) is 26.7 Å². The van der Waals surface area contributed by atoms with Crippen molar-refractivity contribution < 1.29 is 4.74 Å². The predicted octanol–water partition coefficient (Wildman–Crippen LogP) is 5.66. The lowest BCUT2D eigenvalue weighted by molar-refractivity contribution is 0.147. The number of aryl methyl sites for hydroxylation is 1. The number of piperidine rings is 1. The van der Waals surface area contributed by atoms with Crippen LogP contribution in [0.2, 0.25) is 0 Å². The minimum atomic E-state index is 0.272. The maximum absolute atomic E-state index is 5.59. The lowest BCUT2D eigenvalue weighted by atomic mass is 9.84. The summed E-state index contributed by atoms with van der Waals surface area (Å²) in [5, 5.41) is 13.5. The van der Waals surface area contributed by atoms with Gasteiger partial charge in [0.05, 0.1) is 18.5 Å². The van der Waals surface area contributed by atoms with Crippen LogP contribution in [0, 0.1) is 12.8 Å². The first-order chi connectivity index (χ1) is 17.5. The summed E-state index contributed by atoms with van der Waals surface area (Å²) in [4.78, 5) is 13.5. The maximum atomic E-state index is 5.59. The summed E-state index contributed by atoms with van der Waals surface area (Å²) in [7, 11) is 1.66. The van der Waals surface area contributed by atoms with Crippen molar-refractivity contribution in [3.8, 4) is 27.7 Å². The Balaban J connectivity index is 1.29. The molecule has 1 saturated carbocycles. The van der Waals surface area contributed by atoms with Crippen molar-refractivity contribution in [3.05, 3.63) is 34.7 Å². The molecule has 1 saturated heterocycles. The molecule has 6 rings (SSSR count). The number of aromatic nitrogens is 6. The number of H-pyrrole nitrogens is 1. The molecule has 0 atom stereocenters. The molecule has 190 valence electrons. The first-order valence-electron chi connectivity index (χ1n) is 13.2. The summed E-state index contributed by atoms with van der Waals surface area (Å²) in [6.07, 6.45) is 10.3. The molecule has 9 heteroatoms. The number of fused-ring (bicyclic) bond motifs is 1. The molecule has 8 nitrogen and oxygen atoms in total. The molecule has 36 heavy (non-hydrogen) atoms. The molecule has 0 radical (unpaired) electrons. The van der Waals surface area contributed by atoms with Crippen LogP contribution >= 0.6 is 11.3 Å². The number of hydrogen-bond donors (Lipinski definition) is 1. The van der Waals surface area contributed by atoms with E-state index in [0.29, 0.717) is 17.3 Å². The Morgan fingerprint density at radius 2 is 2.00 bits per heavy atom. The fourth-order valence-corrected chi connectivity index (χ4v) is 7.02. The van der Waals surface area contributed by atoms with Gasteiger partial charge in [-0.05, 0) is 69.5 Å². The Morgan fingerprint density at radius 1 is 1.19 bits per heavy atom. The second kappa shape index (κ2) is 9.59. The van der Waals surface area contributed by atoms with Gasteiger partial charge in [-0.15, -0.1) is 11.3 Å². The van der Waals surface area contributed by atoms with Crippen molar-refractivity contribution in [3.63, 3.8) is 0 Å². The number of thiazole rings is 1. The summed E-state index contributed by atoms with van der Waals surface area (Å²) < 4.78 is 7.34. The van der Waals surface area contributed by atoms with E-state index in [1.54, 1.807) is 18.0 Å². The number of methoxy groups -OCH3 is 1. The molecule has 0 amide bonds. The Hall–Kier alpha value is -2.78. The zero-order chi connectivity index (χ0) is 24.8. The molecule has 4 aromatic heterocycles. The van der Waals surface area contributed by atoms with Crippen LogP contribution in [0.15, 0.2) is 18.6 Å². The van der Waals surface area contributed by atoms with Crippen molar-refractivity contribution in [2.24, 2.45) is 5.92 Å². The number of rotatable bonds is 7. The van der Waals surface area contributed by atoms with Crippen LogP contribution in [0.3, 0.4) is 0 Å². The van der Waals surface area contributed by atoms with Gasteiger partial charge in [0.25, 0.3) is 0 Å². The van der Waals surface area contributed by atoms with Crippen molar-refractivity contribution >= 4 is 17.0 Å². The lowest BCUT2D eigenvalue weighted by Crippen LogP contribution is -2.38. The van der Waals surface area contributed by atoms with Gasteiger partial charge in [0.1, 0.15) is 17.0 Å². The van der Waals surface area contributed by atoms with Gasteiger partial charge in [0.2, 0.25) is 0 Å². The summed E-state index contributed by atoms with van der Waals surface area (Å²) in [6.45, 7) is 10.3. The minimum Gasteiger partial charge on any atom is -0.493 e. The molecule has 0 bridgehead atoms. The van der Waals surface area contributed by atoms with Crippen LogP contribution < -0.4 is 4.74 Å². The van der Waals surface area contributed by atoms with Crippen molar-refractivity contribution in [2.45, 2.75) is 64.7 Å². The average molecular weight is 506 g/mol. The Kier molecular flexibility index (Phi) is 6.29. The van der Waals surface area contributed by atoms with E-state index in [2.05, 4.69) is 40.9 Å². The number of nitrogens with one attached hydrogen (secondary N) is 1. The van der Waals surface area contributed by atoms with E-state index in [1.165, 1.54) is 62.2 Å². The van der Waals surface area contributed by atoms with Crippen LogP contribution in [0.1, 0.15) is 73.9 Å². The Morgan fingerprint density at radius 3 is 2.69 bits per heavy atom. The summed E-state index contributed by atoms with van der Waals surface area (Å²) >= 11 is 1.84. The van der Waals surface area contributed by atoms with Gasteiger partial charge in [-0.25, -0.2) is 14.5 Å². The molecular formula is C27H35N7OS. The third-order valence-corrected chi connectivity index (χ3v) is 9.29. The maximum Gasteiger partial charge on any atom is 0.197 e. The fraction of sp³-hybridized carbons (Fsp3) is 0.556. The summed E-state index contributed by atoms with van der Waals surface area (Å²) in [6, 6.07) is 2.00. The Bertz CT molecular complexity index is 1360. The highest BCUT2D eigenvalue weighted by molar-refractivity contribution is 7.15. The highest BCUT2D eigenvalue weighted by Crippen LogP contribution is 2.42. The normalized spacial score (nSPS) is 17.8. The van der Waals surface area contributed by atoms with Crippen LogP contribution in [0.25, 0.3) is 27.6 Å². The third kappa shape index (κ3) is 4.22. The highest BCUT2D eigenvalue weighted by Gasteiger charge is 2.29. The van der Waals surface area contributed by atoms with Crippen LogP contribution in [0.5, 0.6) is 5.75 Å². The molecule has 2 fully saturated rings. The van der Waals surface area contributed by atoms with E-state index in [0.717, 1.165) is 33.6 Å². The van der Waals surface area contributed by atoms with E-state index < -0.39 is 0 Å². The second-order valence-electron chi connectivity index (χ2n) is 10.7. The number of aromatic amines is 1. The molecule has 1 aliphatic carbocycles. The molecule has 5 heterocycles. The molecule has 1 N–H and O–H groups in total. The van der Waals surface area contributed by atoms with E-state index in [-0.39, 0.29) is 5.92 Å². The molecule has 1 aliphatic heterocycles. The first-order valence-corrected chi connectivity index (χ1v) is 14.0. The highest BCUT2D eigenvalue weighted by atomic mass is 32.1. The molecular weight excluding hydrogens is 470 g/mol. The van der Waals surface area contributed by atoms with Gasteiger partial charge in [-0.1, -0.05) is 20.3 Å². The lowest BCUT2D eigenvalue weighted by Gasteiger charge is -2.36. The monoisotopic (exact) mass is 505 g/mol. The second-order valence-corrected chi connectivity index (χ2v) is 11.7. The number of likely N-dealkylation sites (tertiary alicyclic amines) is 1. The number of nitrogens with zero attached hydrogens (tertiary/aromatic N) is 6. The van der Waals surface area contributed by atoms with Crippen molar-refractivity contribution in [1.82, 2.24) is 34.7 Å². The van der Waals surface area contributed by atoms with Gasteiger partial charge in [-0.3, -0.25) is 5.10 Å². The number of hydrogen-bond acceptors (Lipinski definition) is 7. The number of pyridine rings is 1. The molecule has 2 aliphatic rings. The quantitative estimate of drug-likeness (QED) is 0.349. The van der Waals surface area contributed by atoms with Gasteiger partial charge in [0.15, 0.2) is 11.4 Å². The molecule has 0 spiro atoms. The van der Waals surface area contributed by atoms with Crippen molar-refractivity contribution in [1.29, 1.82) is 0 Å². The van der Waals surface area contributed by atoms with Gasteiger partial charge >= 0.3 is 0 Å². The molecule has 4 aromatic rings. The van der Waals surface area contributed by atoms with E-state index >= 15 is 0 Å². The zero-order valence-electron chi connectivity index (χ0n) is 21.6. The smallest absolute Gasteiger partial charge is 0.197 e. The van der Waals surface area contributed by atoms with Gasteiger partial charge < -0.3 is 9.64 Å². The third-order valence-electron chi connectivity index (χ3n) is 7.97. The van der Waals surface area contributed by atoms with E-state index in [4.69, 9.17) is 14.8 Å². The average Bonchev–Trinajstić information content (AvgIpc) is 3.59. The molecule has 0 unspecified atom stereocenters. The van der Waals surface area contributed by atoms with Gasteiger partial charge in [-0.2, -0.15) is 10.2 Å². The van der Waals surface area contributed by atoms with Crippen LogP contribution in [-0.4, -0.2) is 61.4 Å². The standard InChI is InChI=1S/C27H35N7OS/c1-16(2)22-23(20-12-21(35-4)26-28-15-29-34(26)14-20)31-32-24(22)27-30-17(3)25(36-27)19-8-10-33(11-9-19)13-18-6-5-7-18/h12,14-16,18-19H,5-11,13H2,1-4H3,(H,31,32). The first kappa shape index (κ1) is 23.6. The van der Waals surface area contributed by atoms with E-state index in [1.807, 2.05) is 23.6 Å². The van der Waals surface area contributed by atoms with Crippen LogP contribution in [-0.2, 0) is 0 Å². The zero-order valence-corrected chi connectivity index (χ0v) is 22.4. The topological polar surface area (TPSA) is 84.2 Å². The minimum absolute atomic E-state index is 0.272. The largest absolute Gasteiger partial charge is 0.493 e. The van der Waals surface area contributed by atoms with Gasteiger partial charge in [0, 0.05) is 28.7 Å². The predicted molar refractivity (Wildman–Crippen MR) is 143 cm³/mol. The number of ether oxygens (including phenoxy) is 1. The van der Waals surface area contributed by atoms with E-state index in [9.17, 15) is 0 Å². The van der Waals surface area contributed by atoms with Crippen LogP contribution in [0.4, 0.5) is 0 Å². The summed E-state index contributed by atoms with van der Waals surface area (Å²) in [5.41, 5.74) is 5.95. The SMILES string of the molecule is COc1cc(-c2[nH]nc(-c3nc(C)c(C4CCN(CC5CCC5)CC4)s3)c2C(C)C)cn2ncnc12. The summed E-state index contributed by atoms with van der Waals surface area (Å²) in [5.74, 6) is 2.51.